The molecule has 0 amide bonds. The lowest BCUT2D eigenvalue weighted by molar-refractivity contribution is -0.292. The Hall–Kier alpha value is -5.15. The average Bonchev–Trinajstić information content (AvgIpc) is 3.15. The highest BCUT2D eigenvalue weighted by molar-refractivity contribution is 5.87. The van der Waals surface area contributed by atoms with E-state index in [0.29, 0.717) is 5.56 Å². The number of allylic oxidation sites excluding steroid dienone is 2. The number of phenols is 3. The fraction of sp³-hybridized carbons (Fsp3) is 0.361. The molecule has 0 saturated carbocycles. The summed E-state index contributed by atoms with van der Waals surface area (Å²) < 4.78 is 32.9. The molecule has 2 saturated heterocycles. The first-order valence-corrected chi connectivity index (χ1v) is 16.5. The second-order valence-electron chi connectivity index (χ2n) is 12.7. The van der Waals surface area contributed by atoms with Crippen LogP contribution >= 0.6 is 0 Å². The van der Waals surface area contributed by atoms with Crippen LogP contribution in [-0.4, -0.2) is 148 Å². The number of hydrogen-bond donors (Lipinski definition) is 11. The number of benzene rings is 2. The van der Waals surface area contributed by atoms with Gasteiger partial charge >= 0.3 is 11.7 Å². The molecule has 1 aliphatic carbocycles. The van der Waals surface area contributed by atoms with E-state index in [1.807, 2.05) is 0 Å². The number of carbonyl (C=O) groups excluding carboxylic acids is 1. The Morgan fingerprint density at radius 3 is 2.07 bits per heavy atom. The lowest BCUT2D eigenvalue weighted by Crippen LogP contribution is -2.59. The maximum atomic E-state index is 12.4. The van der Waals surface area contributed by atoms with Gasteiger partial charge in [-0.1, -0.05) is 12.1 Å². The molecule has 2 fully saturated rings. The average molecular weight is 760 g/mol. The number of aliphatic hydroxyl groups excluding tert-OH is 8. The summed E-state index contributed by atoms with van der Waals surface area (Å²) in [7, 11) is 0. The highest BCUT2D eigenvalue weighted by Crippen LogP contribution is 2.40. The Kier molecular flexibility index (Phi) is 11.5. The molecule has 6 rings (SSSR count). The molecule has 54 heavy (non-hydrogen) atoms. The quantitative estimate of drug-likeness (QED) is 0.0571. The molecule has 11 unspecified atom stereocenters. The molecule has 0 radical (unpaired) electrons. The lowest BCUT2D eigenvalue weighted by atomic mass is 9.96. The van der Waals surface area contributed by atoms with Crippen LogP contribution in [0.15, 0.2) is 89.6 Å². The van der Waals surface area contributed by atoms with Crippen molar-refractivity contribution < 1.29 is 89.4 Å². The number of aromatic hydroxyl groups is 3. The molecule has 12 N–H and O–H groups in total. The fourth-order valence-electron chi connectivity index (χ4n) is 5.95. The molecule has 0 bridgehead atoms. The number of aliphatic hydroxyl groups is 10. The van der Waals surface area contributed by atoms with Crippen molar-refractivity contribution in [2.45, 2.75) is 67.5 Å². The van der Waals surface area contributed by atoms with Gasteiger partial charge in [-0.15, -0.1) is 0 Å². The molecule has 0 spiro atoms. The van der Waals surface area contributed by atoms with Crippen molar-refractivity contribution in [1.29, 1.82) is 0 Å². The molecule has 2 aromatic carbocycles. The van der Waals surface area contributed by atoms with E-state index in [2.05, 4.69) is 4.74 Å². The molecule has 290 valence electrons. The molecule has 2 aromatic rings. The molecule has 11 atom stereocenters. The van der Waals surface area contributed by atoms with Gasteiger partial charge in [0.2, 0.25) is 24.4 Å². The molecule has 0 aromatic heterocycles. The molecule has 3 aliphatic heterocycles. The van der Waals surface area contributed by atoms with E-state index >= 15 is 0 Å². The zero-order valence-corrected chi connectivity index (χ0v) is 28.0. The lowest BCUT2D eigenvalue weighted by Gasteiger charge is -2.41. The Labute approximate surface area is 305 Å². The molecule has 18 heteroatoms. The third-order valence-electron chi connectivity index (χ3n) is 8.95. The maximum Gasteiger partial charge on any atom is 0.330 e. The Morgan fingerprint density at radius 1 is 0.759 bits per heavy atom. The Morgan fingerprint density at radius 2 is 1.41 bits per heavy atom. The van der Waals surface area contributed by atoms with E-state index < -0.39 is 98.2 Å². The number of fused-ring (bicyclic) bond motifs is 1. The van der Waals surface area contributed by atoms with Gasteiger partial charge < -0.3 is 84.6 Å². The predicted octanol–water partition coefficient (Wildman–Crippen LogP) is -1.45. The number of hydrogen-bond acceptors (Lipinski definition) is 17. The van der Waals surface area contributed by atoms with Gasteiger partial charge in [0.25, 0.3) is 0 Å². The largest absolute Gasteiger partial charge is 0.571 e. The minimum Gasteiger partial charge on any atom is -0.571 e. The van der Waals surface area contributed by atoms with Gasteiger partial charge in [0.1, 0.15) is 72.7 Å². The summed E-state index contributed by atoms with van der Waals surface area (Å²) in [4.78, 5) is 12.4. The highest BCUT2D eigenvalue weighted by atomic mass is 16.7. The van der Waals surface area contributed by atoms with Crippen molar-refractivity contribution in [2.75, 3.05) is 13.2 Å². The topological polar surface area (TPSA) is 299 Å². The van der Waals surface area contributed by atoms with Crippen LogP contribution in [0.1, 0.15) is 11.1 Å². The number of esters is 1. The van der Waals surface area contributed by atoms with Crippen LogP contribution in [0.4, 0.5) is 0 Å². The Balaban J connectivity index is 1.27. The monoisotopic (exact) mass is 759 g/mol. The van der Waals surface area contributed by atoms with Gasteiger partial charge in [-0.2, -0.15) is 0 Å². The van der Waals surface area contributed by atoms with E-state index in [-0.39, 0.29) is 39.9 Å². The van der Waals surface area contributed by atoms with E-state index in [0.717, 1.165) is 18.2 Å². The van der Waals surface area contributed by atoms with Crippen molar-refractivity contribution >= 4 is 17.8 Å². The third kappa shape index (κ3) is 8.16. The van der Waals surface area contributed by atoms with Crippen molar-refractivity contribution in [2.24, 2.45) is 0 Å². The summed E-state index contributed by atoms with van der Waals surface area (Å²) in [5.74, 6) is -2.56. The van der Waals surface area contributed by atoms with E-state index in [9.17, 15) is 61.0 Å². The van der Waals surface area contributed by atoms with Gasteiger partial charge in [-0.25, -0.2) is 4.79 Å². The van der Waals surface area contributed by atoms with Crippen LogP contribution in [0, 0.1) is 0 Å². The van der Waals surface area contributed by atoms with Gasteiger partial charge in [0.15, 0.2) is 11.5 Å². The fourth-order valence-corrected chi connectivity index (χ4v) is 5.95. The number of phenolic OH excluding ortho intramolecular Hbond substituents is 3. The molecule has 4 aliphatic rings. The number of rotatable bonds is 10. The number of ether oxygens (including phenoxy) is 6. The van der Waals surface area contributed by atoms with Crippen LogP contribution in [0.2, 0.25) is 0 Å². The second kappa shape index (κ2) is 16.1. The van der Waals surface area contributed by atoms with Crippen LogP contribution in [-0.2, 0) is 28.5 Å². The molecule has 3 heterocycles. The molecular formula is C36H39O18+. The first-order chi connectivity index (χ1) is 25.7. The van der Waals surface area contributed by atoms with Crippen LogP contribution in [0.25, 0.3) is 11.8 Å². The summed E-state index contributed by atoms with van der Waals surface area (Å²) in [6.07, 6.45) is -11.7. The first-order valence-electron chi connectivity index (χ1n) is 16.5. The normalized spacial score (nSPS) is 32.5. The van der Waals surface area contributed by atoms with Crippen molar-refractivity contribution in [1.82, 2.24) is 0 Å². The zero-order chi connectivity index (χ0) is 38.8. The van der Waals surface area contributed by atoms with Gasteiger partial charge in [0, 0.05) is 24.3 Å². The summed E-state index contributed by atoms with van der Waals surface area (Å²) in [5.41, 5.74) is 0.876. The van der Waals surface area contributed by atoms with Gasteiger partial charge in [0.05, 0.1) is 23.8 Å². The highest BCUT2D eigenvalue weighted by Gasteiger charge is 2.48. The molecular weight excluding hydrogens is 720 g/mol. The minimum atomic E-state index is -1.89. The predicted molar refractivity (Wildman–Crippen MR) is 180 cm³/mol. The zero-order valence-electron chi connectivity index (χ0n) is 28.0. The maximum absolute atomic E-state index is 12.4. The summed E-state index contributed by atoms with van der Waals surface area (Å²) in [6.45, 7) is -1.33. The SMILES string of the molecule is O=C(C=Cc1ccc(O)cc1)OCC1OC(OC2=C(c3ccc(O)c(O)c3)[OH+]C3C=C(O)C=C(OC4OC(CO)C(O)C(O)C4O)C3=C2)C(O)C(O)C1O. The van der Waals surface area contributed by atoms with Crippen molar-refractivity contribution in [3.8, 4) is 17.2 Å². The van der Waals surface area contributed by atoms with E-state index in [1.165, 1.54) is 42.5 Å². The van der Waals surface area contributed by atoms with Crippen LogP contribution in [0.5, 0.6) is 17.2 Å². The van der Waals surface area contributed by atoms with Gasteiger partial charge in [-0.05, 0) is 35.9 Å². The van der Waals surface area contributed by atoms with Gasteiger partial charge in [-0.3, -0.25) is 0 Å². The standard InChI is InChI=1S/C36H38O18/c37-13-25-28(43)30(45)32(47)35(53-25)51-23-11-18(39)10-22-19(23)12-24(34(50-22)16-4-7-20(40)21(41)9-16)52-36-33(48)31(46)29(44)26(54-36)14-49-27(42)8-3-15-1-5-17(38)6-2-15/h1-12,22,25-26,28-33,35-41,43-48H,13-14H2/p+1. The summed E-state index contributed by atoms with van der Waals surface area (Å²) in [5, 5.41) is 113. The summed E-state index contributed by atoms with van der Waals surface area (Å²) in [6, 6.07) is 9.63. The van der Waals surface area contributed by atoms with E-state index in [4.69, 9.17) is 23.7 Å². The Bertz CT molecular complexity index is 1850. The third-order valence-corrected chi connectivity index (χ3v) is 8.95. The van der Waals surface area contributed by atoms with Crippen molar-refractivity contribution in [3.05, 3.63) is 101 Å². The number of carbonyl (C=O) groups is 1. The smallest absolute Gasteiger partial charge is 0.330 e. The first kappa shape index (κ1) is 38.6. The van der Waals surface area contributed by atoms with Crippen LogP contribution < -0.4 is 0 Å². The van der Waals surface area contributed by atoms with E-state index in [1.54, 1.807) is 12.1 Å². The summed E-state index contributed by atoms with van der Waals surface area (Å²) >= 11 is 0. The minimum absolute atomic E-state index is 0.0315. The molecule has 18 nitrogen and oxygen atoms in total. The second-order valence-corrected chi connectivity index (χ2v) is 12.7. The van der Waals surface area contributed by atoms with Crippen LogP contribution in [0.3, 0.4) is 0 Å². The van der Waals surface area contributed by atoms with Crippen molar-refractivity contribution in [3.63, 3.8) is 0 Å².